The molecule has 0 saturated heterocycles. The number of nitrogens with two attached hydrogens (primary N) is 1. The molecule has 0 saturated carbocycles. The lowest BCUT2D eigenvalue weighted by Crippen LogP contribution is -2.58. The van der Waals surface area contributed by atoms with E-state index in [0.717, 1.165) is 16.0 Å². The van der Waals surface area contributed by atoms with Crippen LogP contribution in [-0.2, 0) is 18.6 Å². The van der Waals surface area contributed by atoms with E-state index in [1.807, 2.05) is 17.5 Å². The Bertz CT molecular complexity index is 953. The Morgan fingerprint density at radius 2 is 2.24 bits per heavy atom. The summed E-state index contributed by atoms with van der Waals surface area (Å²) in [5, 5.41) is 24.3. The zero-order chi connectivity index (χ0) is 21.0. The minimum absolute atomic E-state index is 0.132. The smallest absolute Gasteiger partial charge is 0.183 e. The number of thiophene rings is 1. The number of H-pyrrole nitrogens is 1. The number of nitrogens with zero attached hydrogens (tertiary/aromatic N) is 3. The van der Waals surface area contributed by atoms with Crippen LogP contribution in [0.2, 0.25) is 0 Å². The van der Waals surface area contributed by atoms with E-state index >= 15 is 0 Å². The molecule has 7 nitrogen and oxygen atoms in total. The van der Waals surface area contributed by atoms with Gasteiger partial charge < -0.3 is 10.4 Å². The summed E-state index contributed by atoms with van der Waals surface area (Å²) in [6, 6.07) is 5.92. The van der Waals surface area contributed by atoms with Crippen LogP contribution < -0.4 is 11.2 Å². The van der Waals surface area contributed by atoms with Gasteiger partial charge in [-0.25, -0.2) is 19.6 Å². The molecule has 0 aliphatic carbocycles. The number of nitrogens with one attached hydrogen (secondary N) is 2. The summed E-state index contributed by atoms with van der Waals surface area (Å²) in [5.41, 5.74) is -2.02. The van der Waals surface area contributed by atoms with Gasteiger partial charge in [0.15, 0.2) is 10.9 Å². The van der Waals surface area contributed by atoms with Gasteiger partial charge in [0.2, 0.25) is 0 Å². The molecule has 0 spiro atoms. The van der Waals surface area contributed by atoms with Crippen molar-refractivity contribution in [3.8, 4) is 0 Å². The average molecular weight is 439 g/mol. The fraction of sp³-hybridized carbons (Fsp3) is 0.278. The van der Waals surface area contributed by atoms with Crippen LogP contribution in [0.25, 0.3) is 0 Å². The highest BCUT2D eigenvalue weighted by molar-refractivity contribution is 7.80. The van der Waals surface area contributed by atoms with Crippen LogP contribution in [0.1, 0.15) is 23.2 Å². The van der Waals surface area contributed by atoms with Crippen molar-refractivity contribution in [2.24, 2.45) is 5.84 Å². The van der Waals surface area contributed by atoms with Crippen LogP contribution in [0, 0.1) is 11.6 Å². The summed E-state index contributed by atoms with van der Waals surface area (Å²) in [6.45, 7) is 2.05. The highest BCUT2D eigenvalue weighted by Gasteiger charge is 2.42. The molecule has 11 heteroatoms. The predicted octanol–water partition coefficient (Wildman–Crippen LogP) is 2.21. The molecule has 0 aliphatic rings. The van der Waals surface area contributed by atoms with Crippen LogP contribution in [0.15, 0.2) is 42.0 Å². The van der Waals surface area contributed by atoms with Crippen molar-refractivity contribution in [3.05, 3.63) is 69.9 Å². The van der Waals surface area contributed by atoms with Crippen molar-refractivity contribution in [2.75, 3.05) is 0 Å². The van der Waals surface area contributed by atoms with Crippen LogP contribution in [0.5, 0.6) is 0 Å². The molecule has 154 valence electrons. The van der Waals surface area contributed by atoms with Gasteiger partial charge in [0.25, 0.3) is 0 Å². The molecule has 0 aliphatic heterocycles. The third-order valence-corrected chi connectivity index (χ3v) is 5.86. The molecular formula is C18H20F2N6OS2. The number of hydrogen-bond acceptors (Lipinski definition) is 6. The Morgan fingerprint density at radius 3 is 2.86 bits per heavy atom. The molecule has 1 aromatic carbocycles. The van der Waals surface area contributed by atoms with E-state index in [1.165, 1.54) is 12.4 Å². The summed E-state index contributed by atoms with van der Waals surface area (Å²) in [5.74, 6) is 4.75. The van der Waals surface area contributed by atoms with E-state index in [4.69, 9.17) is 18.1 Å². The first kappa shape index (κ1) is 21.2. The van der Waals surface area contributed by atoms with Gasteiger partial charge in [-0.15, -0.1) is 11.3 Å². The molecule has 2 aromatic heterocycles. The third-order valence-electron chi connectivity index (χ3n) is 4.63. The number of hydrazine groups is 1. The summed E-state index contributed by atoms with van der Waals surface area (Å²) in [4.78, 5) is 5.05. The van der Waals surface area contributed by atoms with Crippen molar-refractivity contribution < 1.29 is 13.9 Å². The van der Waals surface area contributed by atoms with Crippen LogP contribution >= 0.6 is 23.6 Å². The largest absolute Gasteiger partial charge is 0.382 e. The van der Waals surface area contributed by atoms with Gasteiger partial charge in [0.1, 0.15) is 23.6 Å². The summed E-state index contributed by atoms with van der Waals surface area (Å²) >= 11 is 6.90. The number of rotatable bonds is 7. The highest BCUT2D eigenvalue weighted by atomic mass is 32.1. The molecule has 29 heavy (non-hydrogen) atoms. The van der Waals surface area contributed by atoms with Gasteiger partial charge >= 0.3 is 0 Å². The second kappa shape index (κ2) is 8.91. The molecule has 0 amide bonds. The maximum atomic E-state index is 14.6. The lowest BCUT2D eigenvalue weighted by atomic mass is 9.83. The second-order valence-corrected chi connectivity index (χ2v) is 7.88. The molecule has 3 rings (SSSR count). The van der Waals surface area contributed by atoms with Gasteiger partial charge in [-0.1, -0.05) is 12.1 Å². The minimum Gasteiger partial charge on any atom is -0.382 e. The van der Waals surface area contributed by atoms with Crippen molar-refractivity contribution in [3.63, 3.8) is 0 Å². The second-order valence-electron chi connectivity index (χ2n) is 6.46. The highest BCUT2D eigenvalue weighted by Crippen LogP contribution is 2.33. The number of aromatic nitrogens is 3. The summed E-state index contributed by atoms with van der Waals surface area (Å²) in [6.07, 6.45) is 1.18. The lowest BCUT2D eigenvalue weighted by Gasteiger charge is -2.39. The molecular weight excluding hydrogens is 418 g/mol. The molecule has 0 bridgehead atoms. The van der Waals surface area contributed by atoms with Gasteiger partial charge in [-0.05, 0) is 36.7 Å². The van der Waals surface area contributed by atoms with Crippen LogP contribution in [0.4, 0.5) is 8.78 Å². The Labute approximate surface area is 175 Å². The number of benzene rings is 1. The molecule has 0 radical (unpaired) electrons. The van der Waals surface area contributed by atoms with E-state index in [0.29, 0.717) is 12.6 Å². The standard InChI is InChI=1S/C18H20F2N6OS2/c1-11(26(21)17(28)22-9-13-3-2-6-29-13)18(27,8-16-23-10-24-25-16)14-5-4-12(19)7-15(14)20/h2-7,10-11,27H,8-9,21H2,1H3,(H,22,28)(H,23,24,25)/t11-,18+/m1/s1. The van der Waals surface area contributed by atoms with E-state index < -0.39 is 23.3 Å². The predicted molar refractivity (Wildman–Crippen MR) is 110 cm³/mol. The fourth-order valence-corrected chi connectivity index (χ4v) is 3.82. The van der Waals surface area contributed by atoms with Gasteiger partial charge in [-0.2, -0.15) is 5.10 Å². The number of halogens is 2. The lowest BCUT2D eigenvalue weighted by molar-refractivity contribution is -0.0309. The first-order chi connectivity index (χ1) is 13.8. The molecule has 2 heterocycles. The van der Waals surface area contributed by atoms with Gasteiger partial charge in [-0.3, -0.25) is 10.1 Å². The maximum Gasteiger partial charge on any atom is 0.183 e. The van der Waals surface area contributed by atoms with Crippen molar-refractivity contribution in [2.45, 2.75) is 31.5 Å². The quantitative estimate of drug-likeness (QED) is 0.255. The van der Waals surface area contributed by atoms with Crippen LogP contribution in [0.3, 0.4) is 0 Å². The third kappa shape index (κ3) is 4.75. The van der Waals surface area contributed by atoms with Crippen molar-refractivity contribution >= 4 is 28.7 Å². The van der Waals surface area contributed by atoms with E-state index in [9.17, 15) is 13.9 Å². The minimum atomic E-state index is -1.89. The van der Waals surface area contributed by atoms with E-state index in [2.05, 4.69) is 20.5 Å². The Morgan fingerprint density at radius 1 is 1.45 bits per heavy atom. The number of hydrogen-bond donors (Lipinski definition) is 4. The molecule has 3 aromatic rings. The fourth-order valence-electron chi connectivity index (χ4n) is 2.94. The Balaban J connectivity index is 1.86. The average Bonchev–Trinajstić information content (AvgIpc) is 3.38. The summed E-state index contributed by atoms with van der Waals surface area (Å²) in [7, 11) is 0. The topological polar surface area (TPSA) is 103 Å². The first-order valence-corrected chi connectivity index (χ1v) is 9.96. The maximum absolute atomic E-state index is 14.6. The molecule has 0 unspecified atom stereocenters. The Kier molecular flexibility index (Phi) is 6.52. The number of thiocarbonyl (C=S) groups is 1. The SMILES string of the molecule is C[C@@H](N(N)C(=S)NCc1cccs1)[C@@](O)(Cc1nc[nH]n1)c1ccc(F)cc1F. The normalized spacial score (nSPS) is 14.2. The first-order valence-electron chi connectivity index (χ1n) is 8.68. The van der Waals surface area contributed by atoms with Crippen molar-refractivity contribution in [1.29, 1.82) is 0 Å². The zero-order valence-corrected chi connectivity index (χ0v) is 17.1. The van der Waals surface area contributed by atoms with Crippen molar-refractivity contribution in [1.82, 2.24) is 25.5 Å². The monoisotopic (exact) mass is 438 g/mol. The van der Waals surface area contributed by atoms with Gasteiger partial charge in [0, 0.05) is 22.9 Å². The number of aliphatic hydroxyl groups is 1. The Hall–Kier alpha value is -2.47. The molecule has 2 atom stereocenters. The van der Waals surface area contributed by atoms with E-state index in [-0.39, 0.29) is 22.9 Å². The van der Waals surface area contributed by atoms with Gasteiger partial charge in [0.05, 0.1) is 12.6 Å². The molecule has 0 fully saturated rings. The van der Waals surface area contributed by atoms with E-state index in [1.54, 1.807) is 18.3 Å². The molecule has 5 N–H and O–H groups in total. The van der Waals surface area contributed by atoms with Crippen LogP contribution in [-0.4, -0.2) is 36.5 Å². The zero-order valence-electron chi connectivity index (χ0n) is 15.5. The number of aromatic amines is 1. The summed E-state index contributed by atoms with van der Waals surface area (Å²) < 4.78 is 28.0.